The van der Waals surface area contributed by atoms with E-state index in [0.717, 1.165) is 0 Å². The number of hydrogen-bond acceptors (Lipinski definition) is 0. The minimum Gasteiger partial charge on any atom is -0.0813 e. The summed E-state index contributed by atoms with van der Waals surface area (Å²) in [6, 6.07) is 17.5. The monoisotopic (exact) mass is 332 g/mol. The first kappa shape index (κ1) is 10.9. The van der Waals surface area contributed by atoms with Gasteiger partial charge in [-0.3, -0.25) is 0 Å². The van der Waals surface area contributed by atoms with Crippen LogP contribution in [0.15, 0.2) is 48.5 Å². The predicted molar refractivity (Wildman–Crippen MR) is 82.6 cm³/mol. The van der Waals surface area contributed by atoms with E-state index in [1.54, 1.807) is 0 Å². The SMILES string of the molecule is CC1c2ccccc2C=C=Ic2ccccc21. The highest BCUT2D eigenvalue weighted by Gasteiger charge is 2.14. The van der Waals surface area contributed by atoms with E-state index < -0.39 is 0 Å². The standard InChI is InChI=1S/C16H13I/c1-12-14-7-3-2-6-13(14)10-11-17-16-9-5-4-8-15(12)16/h2-10,12H,1H3. The minimum atomic E-state index is -0.109. The molecule has 0 spiro atoms. The van der Waals surface area contributed by atoms with Gasteiger partial charge in [0, 0.05) is 9.49 Å². The van der Waals surface area contributed by atoms with Crippen LogP contribution in [0.2, 0.25) is 0 Å². The third-order valence-electron chi connectivity index (χ3n) is 3.20. The van der Waals surface area contributed by atoms with Crippen molar-refractivity contribution >= 4 is 30.5 Å². The highest BCUT2D eigenvalue weighted by atomic mass is 127. The van der Waals surface area contributed by atoms with Crippen molar-refractivity contribution in [3.05, 3.63) is 68.8 Å². The average molecular weight is 332 g/mol. The maximum absolute atomic E-state index is 3.51. The van der Waals surface area contributed by atoms with Crippen molar-refractivity contribution in [3.63, 3.8) is 0 Å². The van der Waals surface area contributed by atoms with Gasteiger partial charge in [0.15, 0.2) is 0 Å². The number of halogens is 1. The van der Waals surface area contributed by atoms with E-state index in [1.807, 2.05) is 0 Å². The van der Waals surface area contributed by atoms with Gasteiger partial charge >= 0.3 is 0 Å². The van der Waals surface area contributed by atoms with E-state index in [1.165, 1.54) is 20.3 Å². The summed E-state index contributed by atoms with van der Waals surface area (Å²) in [5.41, 5.74) is 4.22. The van der Waals surface area contributed by atoms with E-state index in [2.05, 4.69) is 65.2 Å². The van der Waals surface area contributed by atoms with Gasteiger partial charge < -0.3 is 0 Å². The summed E-state index contributed by atoms with van der Waals surface area (Å²) in [4.78, 5) is 0. The van der Waals surface area contributed by atoms with Crippen LogP contribution in [0.5, 0.6) is 0 Å². The molecule has 0 bridgehead atoms. The molecule has 1 unspecified atom stereocenters. The van der Waals surface area contributed by atoms with Crippen LogP contribution in [-0.4, -0.2) is 3.67 Å². The lowest BCUT2D eigenvalue weighted by atomic mass is 9.90. The molecular weight excluding hydrogens is 319 g/mol. The number of rotatable bonds is 0. The van der Waals surface area contributed by atoms with Gasteiger partial charge in [-0.05, 0) is 49.6 Å². The molecule has 2 aromatic rings. The van der Waals surface area contributed by atoms with Crippen LogP contribution in [0.25, 0.3) is 6.08 Å². The maximum Gasteiger partial charge on any atom is 0.0188 e. The van der Waals surface area contributed by atoms with Crippen LogP contribution in [0.1, 0.15) is 29.5 Å². The molecule has 3 rings (SSSR count). The Hall–Kier alpha value is -1.18. The molecule has 0 aliphatic carbocycles. The van der Waals surface area contributed by atoms with Gasteiger partial charge in [0.25, 0.3) is 0 Å². The number of benzene rings is 2. The molecule has 1 heterocycles. The van der Waals surface area contributed by atoms with Crippen LogP contribution >= 0.6 is 20.7 Å². The summed E-state index contributed by atoms with van der Waals surface area (Å²) in [6.45, 7) is 2.31. The largest absolute Gasteiger partial charge is 0.0813 e. The topological polar surface area (TPSA) is 0 Å². The third kappa shape index (κ3) is 2.01. The second-order valence-corrected chi connectivity index (χ2v) is 6.54. The molecule has 0 nitrogen and oxygen atoms in total. The maximum atomic E-state index is 3.51. The molecule has 0 aromatic heterocycles. The average Bonchev–Trinajstić information content (AvgIpc) is 2.37. The van der Waals surface area contributed by atoms with E-state index in [4.69, 9.17) is 0 Å². The van der Waals surface area contributed by atoms with Crippen molar-refractivity contribution in [1.29, 1.82) is 0 Å². The van der Waals surface area contributed by atoms with Crippen LogP contribution < -0.4 is 0 Å². The molecule has 2 aromatic carbocycles. The van der Waals surface area contributed by atoms with Crippen LogP contribution in [0, 0.1) is 3.57 Å². The lowest BCUT2D eigenvalue weighted by molar-refractivity contribution is 0.912. The fraction of sp³-hybridized carbons (Fsp3) is 0.125. The molecule has 17 heavy (non-hydrogen) atoms. The van der Waals surface area contributed by atoms with Crippen molar-refractivity contribution in [2.24, 2.45) is 0 Å². The lowest BCUT2D eigenvalue weighted by Crippen LogP contribution is -2.02. The van der Waals surface area contributed by atoms with Crippen LogP contribution in [0.3, 0.4) is 0 Å². The second kappa shape index (κ2) is 4.59. The van der Waals surface area contributed by atoms with Gasteiger partial charge in [-0.25, -0.2) is 0 Å². The Balaban J connectivity index is 2.29. The zero-order valence-corrected chi connectivity index (χ0v) is 11.8. The highest BCUT2D eigenvalue weighted by molar-refractivity contribution is 14.2. The van der Waals surface area contributed by atoms with Gasteiger partial charge in [-0.1, -0.05) is 53.1 Å². The van der Waals surface area contributed by atoms with Crippen molar-refractivity contribution < 1.29 is 0 Å². The Morgan fingerprint density at radius 3 is 2.53 bits per heavy atom. The Morgan fingerprint density at radius 2 is 1.65 bits per heavy atom. The van der Waals surface area contributed by atoms with E-state index in [0.29, 0.717) is 5.92 Å². The number of fused-ring (bicyclic) bond motifs is 2. The summed E-state index contributed by atoms with van der Waals surface area (Å²) in [5, 5.41) is 0. The van der Waals surface area contributed by atoms with E-state index in [-0.39, 0.29) is 20.7 Å². The number of hydrogen-bond donors (Lipinski definition) is 0. The van der Waals surface area contributed by atoms with Crippen LogP contribution in [-0.2, 0) is 0 Å². The van der Waals surface area contributed by atoms with Gasteiger partial charge in [-0.2, -0.15) is 0 Å². The smallest absolute Gasteiger partial charge is 0.0188 e. The summed E-state index contributed by atoms with van der Waals surface area (Å²) < 4.78 is 5.01. The Bertz CT molecular complexity index is 567. The minimum absolute atomic E-state index is 0.109. The first-order valence-corrected chi connectivity index (χ1v) is 7.92. The molecular formula is C16H13I. The molecule has 0 fully saturated rings. The van der Waals surface area contributed by atoms with Crippen LogP contribution in [0.4, 0.5) is 0 Å². The normalized spacial score (nSPS) is 17.4. The summed E-state index contributed by atoms with van der Waals surface area (Å²) in [6.07, 6.45) is 2.18. The fourth-order valence-electron chi connectivity index (χ4n) is 2.26. The van der Waals surface area contributed by atoms with Crippen molar-refractivity contribution in [2.45, 2.75) is 12.8 Å². The van der Waals surface area contributed by atoms with E-state index >= 15 is 0 Å². The first-order chi connectivity index (χ1) is 8.36. The molecule has 84 valence electrons. The van der Waals surface area contributed by atoms with E-state index in [9.17, 15) is 0 Å². The first-order valence-electron chi connectivity index (χ1n) is 5.76. The van der Waals surface area contributed by atoms with Crippen molar-refractivity contribution in [1.82, 2.24) is 0 Å². The summed E-state index contributed by atoms with van der Waals surface area (Å²) in [7, 11) is 0. The molecule has 1 aliphatic rings. The Morgan fingerprint density at radius 1 is 0.941 bits per heavy atom. The third-order valence-corrected chi connectivity index (χ3v) is 5.39. The van der Waals surface area contributed by atoms with Gasteiger partial charge in [0.2, 0.25) is 0 Å². The van der Waals surface area contributed by atoms with Gasteiger partial charge in [-0.15, -0.1) is 0 Å². The Kier molecular flexibility index (Phi) is 2.96. The quantitative estimate of drug-likeness (QED) is 0.627. The van der Waals surface area contributed by atoms with Crippen molar-refractivity contribution in [2.75, 3.05) is 0 Å². The second-order valence-electron chi connectivity index (χ2n) is 4.22. The van der Waals surface area contributed by atoms with Crippen molar-refractivity contribution in [3.8, 4) is 0 Å². The lowest BCUT2D eigenvalue weighted by Gasteiger charge is -2.18. The zero-order valence-electron chi connectivity index (χ0n) is 9.65. The molecule has 0 saturated heterocycles. The Labute approximate surface area is 112 Å². The molecule has 0 N–H and O–H groups in total. The molecule has 0 amide bonds. The highest BCUT2D eigenvalue weighted by Crippen LogP contribution is 2.32. The molecule has 1 aliphatic heterocycles. The van der Waals surface area contributed by atoms with Gasteiger partial charge in [0.1, 0.15) is 0 Å². The zero-order chi connectivity index (χ0) is 11.7. The fourth-order valence-corrected chi connectivity index (χ4v) is 4.43. The molecule has 0 saturated carbocycles. The molecule has 0 radical (unpaired) electrons. The van der Waals surface area contributed by atoms with Gasteiger partial charge in [0.05, 0.1) is 0 Å². The predicted octanol–water partition coefficient (Wildman–Crippen LogP) is 4.41. The molecule has 1 atom stereocenters. The summed E-state index contributed by atoms with van der Waals surface area (Å²) >= 11 is -0.109. The molecule has 1 heteroatoms. The summed E-state index contributed by atoms with van der Waals surface area (Å²) in [5.74, 6) is 0.487.